The minimum atomic E-state index is -0.213. The molecule has 4 rings (SSSR count). The van der Waals surface area contributed by atoms with E-state index in [9.17, 15) is 9.59 Å². The fourth-order valence-corrected chi connectivity index (χ4v) is 5.53. The number of aryl methyl sites for hydroxylation is 1. The summed E-state index contributed by atoms with van der Waals surface area (Å²) < 4.78 is 12.7. The highest BCUT2D eigenvalue weighted by Crippen LogP contribution is 2.48. The molecule has 1 N–H and O–H groups in total. The number of thioether (sulfide) groups is 1. The number of amides is 2. The summed E-state index contributed by atoms with van der Waals surface area (Å²) in [6.45, 7) is 3.90. The van der Waals surface area contributed by atoms with Crippen LogP contribution in [0.1, 0.15) is 36.6 Å². The average Bonchev–Trinajstić information content (AvgIpc) is 3.16. The minimum absolute atomic E-state index is 0.0272. The third kappa shape index (κ3) is 5.06. The van der Waals surface area contributed by atoms with Gasteiger partial charge < -0.3 is 14.8 Å². The number of nitrogens with zero attached hydrogens (tertiary/aromatic N) is 3. The van der Waals surface area contributed by atoms with E-state index in [0.29, 0.717) is 17.3 Å². The van der Waals surface area contributed by atoms with Crippen molar-refractivity contribution in [3.8, 4) is 22.8 Å². The number of hydrogen-bond donors (Lipinski definition) is 1. The minimum Gasteiger partial charge on any atom is -0.493 e. The fraction of sp³-hybridized carbons (Fsp3) is 0.370. The van der Waals surface area contributed by atoms with Gasteiger partial charge in [-0.15, -0.1) is 11.8 Å². The van der Waals surface area contributed by atoms with Crippen LogP contribution in [0.3, 0.4) is 0 Å². The lowest BCUT2D eigenvalue weighted by Crippen LogP contribution is -2.44. The second kappa shape index (κ2) is 11.1. The molecule has 2 atom stereocenters. The molecule has 8 nitrogen and oxygen atoms in total. The molecule has 1 aliphatic heterocycles. The van der Waals surface area contributed by atoms with Gasteiger partial charge in [0.2, 0.25) is 11.8 Å². The second-order valence-electron chi connectivity index (χ2n) is 8.74. The Kier molecular flexibility index (Phi) is 7.88. The number of methoxy groups -OCH3 is 2. The molecule has 1 aliphatic rings. The molecule has 1 aromatic heterocycles. The van der Waals surface area contributed by atoms with Crippen LogP contribution in [0, 0.1) is 0 Å². The predicted molar refractivity (Wildman–Crippen MR) is 143 cm³/mol. The summed E-state index contributed by atoms with van der Waals surface area (Å²) in [5.74, 6) is 1.77. The van der Waals surface area contributed by atoms with Gasteiger partial charge in [-0.2, -0.15) is 5.10 Å². The van der Waals surface area contributed by atoms with Crippen LogP contribution in [0.25, 0.3) is 11.3 Å². The summed E-state index contributed by atoms with van der Waals surface area (Å²) >= 11 is 1.52. The highest BCUT2D eigenvalue weighted by atomic mass is 32.2. The Bertz CT molecular complexity index is 1240. The van der Waals surface area contributed by atoms with E-state index in [2.05, 4.69) is 5.32 Å². The van der Waals surface area contributed by atoms with Crippen molar-refractivity contribution >= 4 is 29.4 Å². The Hall–Kier alpha value is -3.46. The van der Waals surface area contributed by atoms with Crippen LogP contribution >= 0.6 is 11.8 Å². The number of nitrogens with one attached hydrogen (secondary N) is 1. The molecule has 2 amide bonds. The lowest BCUT2D eigenvalue weighted by molar-refractivity contribution is -0.123. The maximum atomic E-state index is 13.4. The van der Waals surface area contributed by atoms with E-state index in [1.165, 1.54) is 11.8 Å². The molecule has 9 heteroatoms. The second-order valence-corrected chi connectivity index (χ2v) is 9.83. The molecule has 0 saturated heterocycles. The SMILES string of the molecule is CC[C@@H](C)NC(=O)CN1C(=O)CS[C@@H](c2ccc(OC)c(OC)c2)c2c(-c3ccccc3)nn(C)c21. The van der Waals surface area contributed by atoms with Crippen LogP contribution in [0.5, 0.6) is 11.5 Å². The van der Waals surface area contributed by atoms with E-state index in [1.54, 1.807) is 23.8 Å². The van der Waals surface area contributed by atoms with Crippen molar-refractivity contribution in [3.63, 3.8) is 0 Å². The molecular formula is C27H32N4O4S. The maximum absolute atomic E-state index is 13.4. The third-order valence-corrected chi connectivity index (χ3v) is 7.58. The standard InChI is InChI=1S/C27H32N4O4S/c1-6-17(2)28-22(32)15-31-23(33)16-36-26(19-12-13-20(34-4)21(14-19)35-5)24-25(29-30(3)27(24)31)18-10-8-7-9-11-18/h7-14,17,26H,6,15-16H2,1-5H3,(H,28,32)/t17-,26+/m1/s1. The molecular weight excluding hydrogens is 476 g/mol. The zero-order chi connectivity index (χ0) is 25.8. The Balaban J connectivity index is 1.87. The average molecular weight is 509 g/mol. The summed E-state index contributed by atoms with van der Waals surface area (Å²) in [6, 6.07) is 15.7. The monoisotopic (exact) mass is 508 g/mol. The first-order valence-electron chi connectivity index (χ1n) is 11.9. The van der Waals surface area contributed by atoms with Crippen LogP contribution in [-0.4, -0.2) is 54.2 Å². The van der Waals surface area contributed by atoms with E-state index in [-0.39, 0.29) is 35.4 Å². The number of hydrogen-bond acceptors (Lipinski definition) is 6. The van der Waals surface area contributed by atoms with Gasteiger partial charge >= 0.3 is 0 Å². The summed E-state index contributed by atoms with van der Waals surface area (Å²) in [6.07, 6.45) is 0.812. The summed E-state index contributed by atoms with van der Waals surface area (Å²) in [5, 5.41) is 7.61. The molecule has 36 heavy (non-hydrogen) atoms. The van der Waals surface area contributed by atoms with Crippen molar-refractivity contribution in [2.75, 3.05) is 31.4 Å². The Labute approximate surface area is 216 Å². The lowest BCUT2D eigenvalue weighted by Gasteiger charge is -2.23. The van der Waals surface area contributed by atoms with E-state index in [0.717, 1.165) is 28.8 Å². The molecule has 0 aliphatic carbocycles. The molecule has 0 saturated carbocycles. The summed E-state index contributed by atoms with van der Waals surface area (Å²) in [5.41, 5.74) is 3.58. The van der Waals surface area contributed by atoms with Gasteiger partial charge in [-0.25, -0.2) is 0 Å². The van der Waals surface area contributed by atoms with Crippen molar-refractivity contribution < 1.29 is 19.1 Å². The normalized spacial score (nSPS) is 16.2. The van der Waals surface area contributed by atoms with E-state index < -0.39 is 0 Å². The molecule has 190 valence electrons. The van der Waals surface area contributed by atoms with Gasteiger partial charge in [0.15, 0.2) is 11.5 Å². The molecule has 0 fully saturated rings. The quantitative estimate of drug-likeness (QED) is 0.491. The van der Waals surface area contributed by atoms with Crippen LogP contribution in [0.4, 0.5) is 5.82 Å². The number of benzene rings is 2. The van der Waals surface area contributed by atoms with Gasteiger partial charge in [-0.3, -0.25) is 19.2 Å². The number of ether oxygens (including phenoxy) is 2. The van der Waals surface area contributed by atoms with Gasteiger partial charge in [0.05, 0.1) is 30.9 Å². The van der Waals surface area contributed by atoms with Crippen molar-refractivity contribution in [1.29, 1.82) is 0 Å². The number of anilines is 1. The predicted octanol–water partition coefficient (Wildman–Crippen LogP) is 4.19. The molecule has 0 spiro atoms. The first kappa shape index (κ1) is 25.6. The van der Waals surface area contributed by atoms with Crippen molar-refractivity contribution in [3.05, 3.63) is 59.7 Å². The molecule has 2 heterocycles. The van der Waals surface area contributed by atoms with Crippen LogP contribution in [0.15, 0.2) is 48.5 Å². The van der Waals surface area contributed by atoms with Gasteiger partial charge in [0.1, 0.15) is 12.4 Å². The van der Waals surface area contributed by atoms with Gasteiger partial charge in [0, 0.05) is 24.2 Å². The number of carbonyl (C=O) groups is 2. The zero-order valence-electron chi connectivity index (χ0n) is 21.3. The third-order valence-electron chi connectivity index (χ3n) is 6.32. The highest BCUT2D eigenvalue weighted by Gasteiger charge is 2.37. The summed E-state index contributed by atoms with van der Waals surface area (Å²) in [4.78, 5) is 27.8. The molecule has 0 bridgehead atoms. The largest absolute Gasteiger partial charge is 0.493 e. The molecule has 0 unspecified atom stereocenters. The summed E-state index contributed by atoms with van der Waals surface area (Å²) in [7, 11) is 5.03. The topological polar surface area (TPSA) is 85.7 Å². The van der Waals surface area contributed by atoms with Gasteiger partial charge in [0.25, 0.3) is 0 Å². The Morgan fingerprint density at radius 3 is 2.56 bits per heavy atom. The van der Waals surface area contributed by atoms with Crippen LogP contribution < -0.4 is 19.7 Å². The van der Waals surface area contributed by atoms with E-state index >= 15 is 0 Å². The first-order valence-corrected chi connectivity index (χ1v) is 13.0. The van der Waals surface area contributed by atoms with Crippen molar-refractivity contribution in [1.82, 2.24) is 15.1 Å². The van der Waals surface area contributed by atoms with Crippen LogP contribution in [-0.2, 0) is 16.6 Å². The number of carbonyl (C=O) groups excluding carboxylic acids is 2. The van der Waals surface area contributed by atoms with Gasteiger partial charge in [-0.05, 0) is 31.0 Å². The lowest BCUT2D eigenvalue weighted by atomic mass is 9.99. The van der Waals surface area contributed by atoms with Crippen molar-refractivity contribution in [2.24, 2.45) is 7.05 Å². The molecule has 3 aromatic rings. The van der Waals surface area contributed by atoms with Gasteiger partial charge in [-0.1, -0.05) is 43.3 Å². The molecule has 2 aromatic carbocycles. The van der Waals surface area contributed by atoms with Crippen LogP contribution in [0.2, 0.25) is 0 Å². The maximum Gasteiger partial charge on any atom is 0.240 e. The number of rotatable bonds is 8. The van der Waals surface area contributed by atoms with E-state index in [4.69, 9.17) is 14.6 Å². The zero-order valence-corrected chi connectivity index (χ0v) is 22.1. The Morgan fingerprint density at radius 1 is 1.17 bits per heavy atom. The number of fused-ring (bicyclic) bond motifs is 1. The van der Waals surface area contributed by atoms with Crippen molar-refractivity contribution in [2.45, 2.75) is 31.6 Å². The highest BCUT2D eigenvalue weighted by molar-refractivity contribution is 8.00. The Morgan fingerprint density at radius 2 is 1.89 bits per heavy atom. The first-order chi connectivity index (χ1) is 17.4. The number of aromatic nitrogens is 2. The molecule has 0 radical (unpaired) electrons. The van der Waals surface area contributed by atoms with E-state index in [1.807, 2.05) is 69.4 Å². The fourth-order valence-electron chi connectivity index (χ4n) is 4.34. The smallest absolute Gasteiger partial charge is 0.240 e.